The van der Waals surface area contributed by atoms with Gasteiger partial charge in [0.1, 0.15) is 0 Å². The summed E-state index contributed by atoms with van der Waals surface area (Å²) in [5, 5.41) is 35.0. The van der Waals surface area contributed by atoms with Gasteiger partial charge in [0.25, 0.3) is 0 Å². The van der Waals surface area contributed by atoms with E-state index in [4.69, 9.17) is 0 Å². The monoisotopic (exact) mass is 1060 g/mol. The van der Waals surface area contributed by atoms with E-state index >= 15 is 0 Å². The van der Waals surface area contributed by atoms with Gasteiger partial charge in [-0.25, -0.2) is 0 Å². The average Bonchev–Trinajstić information content (AvgIpc) is 3.25. The molecule has 1 aliphatic carbocycles. The third-order valence-electron chi connectivity index (χ3n) is 14.7. The second-order valence-electron chi connectivity index (χ2n) is 20.7. The van der Waals surface area contributed by atoms with Crippen molar-refractivity contribution >= 4 is 23.8 Å². The van der Waals surface area contributed by atoms with Crippen molar-refractivity contribution in [1.29, 1.82) is 0 Å². The van der Waals surface area contributed by atoms with Crippen LogP contribution < -0.4 is 15.3 Å². The van der Waals surface area contributed by atoms with Crippen molar-refractivity contribution in [2.45, 2.75) is 296 Å². The summed E-state index contributed by atoms with van der Waals surface area (Å²) in [7, 11) is 0. The van der Waals surface area contributed by atoms with E-state index in [1.54, 1.807) is 0 Å². The van der Waals surface area contributed by atoms with E-state index < -0.39 is 17.9 Å². The van der Waals surface area contributed by atoms with Crippen molar-refractivity contribution in [2.75, 3.05) is 13.1 Å². The van der Waals surface area contributed by atoms with Gasteiger partial charge in [-0.15, -0.1) is 0 Å². The fourth-order valence-corrected chi connectivity index (χ4v) is 10.4. The second-order valence-corrected chi connectivity index (χ2v) is 20.7. The Balaban J connectivity index is 0.0000410. The summed E-state index contributed by atoms with van der Waals surface area (Å²) < 4.78 is 0. The number of hydrogen-bond acceptors (Lipinski definition) is 7. The third kappa shape index (κ3) is 41.9. The van der Waals surface area contributed by atoms with E-state index in [1.165, 1.54) is 180 Å². The number of carbonyl (C=O) groups is 4. The molecule has 0 aromatic carbocycles. The molecule has 1 amide bonds. The van der Waals surface area contributed by atoms with E-state index in [-0.39, 0.29) is 88.8 Å². The Morgan fingerprint density at radius 1 is 0.323 bits per heavy atom. The fourth-order valence-electron chi connectivity index (χ4n) is 10.4. The van der Waals surface area contributed by atoms with Crippen LogP contribution in [0.1, 0.15) is 296 Å². The number of rotatable bonds is 42. The van der Waals surface area contributed by atoms with Crippen LogP contribution in [0.4, 0.5) is 0 Å². The van der Waals surface area contributed by atoms with Crippen molar-refractivity contribution < 1.29 is 74.4 Å². The van der Waals surface area contributed by atoms with Gasteiger partial charge in [-0.2, -0.15) is 0 Å². The first-order valence-corrected chi connectivity index (χ1v) is 28.0. The van der Waals surface area contributed by atoms with Crippen LogP contribution in [0.25, 0.3) is 0 Å². The molecule has 1 rings (SSSR count). The topological polar surface area (TPSA) is 141 Å². The number of carboxylic acids is 3. The maximum atomic E-state index is 14.2. The molecule has 0 aliphatic heterocycles. The molecule has 0 spiro atoms. The SMILES string of the molecule is CCCCCCCCCCCCCCCCCCN(CCCCCCCCCCCCCCCCCC)C(=O)CC1CCC(CC(=O)[O-])CCC(CC(=O)[O-])CCC(CC(=O)[O-])CC1.[Gd+3]. The molecule has 381 valence electrons. The van der Waals surface area contributed by atoms with Crippen LogP contribution in [0.3, 0.4) is 0 Å². The van der Waals surface area contributed by atoms with Crippen molar-refractivity contribution in [1.82, 2.24) is 4.90 Å². The van der Waals surface area contributed by atoms with E-state index in [0.717, 1.165) is 38.8 Å². The molecule has 0 aromatic heterocycles. The predicted octanol–water partition coefficient (Wildman–Crippen LogP) is 12.7. The van der Waals surface area contributed by atoms with Crippen molar-refractivity contribution in [2.24, 2.45) is 23.7 Å². The number of hydrogen-bond donors (Lipinski definition) is 0. The van der Waals surface area contributed by atoms with Gasteiger partial charge in [0.05, 0.1) is 0 Å². The van der Waals surface area contributed by atoms with Gasteiger partial charge in [-0.1, -0.05) is 206 Å². The van der Waals surface area contributed by atoms with E-state index in [1.807, 2.05) is 0 Å². The third-order valence-corrected chi connectivity index (χ3v) is 14.7. The Morgan fingerprint density at radius 3 is 0.708 bits per heavy atom. The van der Waals surface area contributed by atoms with Crippen LogP contribution in [-0.4, -0.2) is 41.8 Å². The Morgan fingerprint density at radius 2 is 0.508 bits per heavy atom. The molecule has 65 heavy (non-hydrogen) atoms. The molecule has 1 aliphatic rings. The van der Waals surface area contributed by atoms with Crippen LogP contribution in [0, 0.1) is 63.6 Å². The number of amides is 1. The van der Waals surface area contributed by atoms with Crippen molar-refractivity contribution in [3.63, 3.8) is 0 Å². The number of nitrogens with zero attached hydrogens (tertiary/aromatic N) is 1. The van der Waals surface area contributed by atoms with Crippen LogP contribution in [0.5, 0.6) is 0 Å². The normalized spacial score (nSPS) is 18.3. The molecule has 0 aromatic rings. The Bertz CT molecular complexity index is 1050. The molecule has 9 heteroatoms. The van der Waals surface area contributed by atoms with Crippen molar-refractivity contribution in [3.05, 3.63) is 0 Å². The van der Waals surface area contributed by atoms with Gasteiger partial charge in [-0.3, -0.25) is 4.79 Å². The number of carbonyl (C=O) groups excluding carboxylic acids is 4. The van der Waals surface area contributed by atoms with Gasteiger partial charge in [0.15, 0.2) is 0 Å². The quantitative estimate of drug-likeness (QED) is 0.0554. The first-order chi connectivity index (χ1) is 31.1. The molecule has 1 saturated carbocycles. The summed E-state index contributed by atoms with van der Waals surface area (Å²) in [5.41, 5.74) is 0. The minimum absolute atomic E-state index is 0. The fraction of sp³-hybridized carbons (Fsp3) is 0.929. The van der Waals surface area contributed by atoms with E-state index in [9.17, 15) is 34.5 Å². The van der Waals surface area contributed by atoms with Crippen LogP contribution in [0.15, 0.2) is 0 Å². The Labute approximate surface area is 433 Å². The maximum Gasteiger partial charge on any atom is 3.00 e. The summed E-state index contributed by atoms with van der Waals surface area (Å²) in [6, 6.07) is 0. The predicted molar refractivity (Wildman–Crippen MR) is 260 cm³/mol. The number of aliphatic carboxylic acids is 3. The molecule has 0 heterocycles. The zero-order valence-electron chi connectivity index (χ0n) is 42.5. The van der Waals surface area contributed by atoms with Gasteiger partial charge < -0.3 is 34.6 Å². The molecular formula is C56H102GdNO7. The molecule has 1 fully saturated rings. The summed E-state index contributed by atoms with van der Waals surface area (Å²) in [6.45, 7) is 6.11. The summed E-state index contributed by atoms with van der Waals surface area (Å²) in [4.78, 5) is 51.3. The maximum absolute atomic E-state index is 14.2. The van der Waals surface area contributed by atoms with Gasteiger partial charge in [-0.05, 0) is 107 Å². The molecule has 0 N–H and O–H groups in total. The van der Waals surface area contributed by atoms with Crippen LogP contribution in [0.2, 0.25) is 0 Å². The van der Waals surface area contributed by atoms with Crippen LogP contribution in [-0.2, 0) is 19.2 Å². The first-order valence-electron chi connectivity index (χ1n) is 28.0. The van der Waals surface area contributed by atoms with E-state index in [0.29, 0.717) is 57.8 Å². The standard InChI is InChI=1S/C56H105NO7.Gd/c1-3-5-7-9-11-13-15-17-19-21-23-25-27-29-31-33-43-57(44-34-32-30-28-26-24-22-20-18-16-14-12-10-8-6-4-2)53(58)45-49-35-37-50(46-54(59)60)39-41-52(48-56(63)64)42-40-51(38-36-49)47-55(61)62;/h49-52H,3-48H2,1-2H3,(H,59,60)(H,61,62)(H,63,64);/q;+3/p-3. The summed E-state index contributed by atoms with van der Waals surface area (Å²) >= 11 is 0. The smallest absolute Gasteiger partial charge is 0.550 e. The molecular weight excluding hydrogens is 956 g/mol. The molecule has 0 bridgehead atoms. The van der Waals surface area contributed by atoms with Crippen LogP contribution >= 0.6 is 0 Å². The Kier molecular flexibility index (Phi) is 46.3. The molecule has 2 atom stereocenters. The molecule has 8 nitrogen and oxygen atoms in total. The molecule has 0 saturated heterocycles. The second kappa shape index (κ2) is 46.9. The van der Waals surface area contributed by atoms with Crippen molar-refractivity contribution in [3.8, 4) is 0 Å². The molecule has 2 unspecified atom stereocenters. The number of carboxylic acid groups (broad SMARTS) is 3. The van der Waals surface area contributed by atoms with Gasteiger partial charge in [0.2, 0.25) is 5.91 Å². The van der Waals surface area contributed by atoms with Gasteiger partial charge >= 0.3 is 39.9 Å². The summed E-state index contributed by atoms with van der Waals surface area (Å²) in [5.74, 6) is -3.57. The van der Waals surface area contributed by atoms with E-state index in [2.05, 4.69) is 18.7 Å². The summed E-state index contributed by atoms with van der Waals surface area (Å²) in [6.07, 6.45) is 47.2. The zero-order valence-corrected chi connectivity index (χ0v) is 44.8. The largest absolute Gasteiger partial charge is 3.00 e. The Hall–Kier alpha value is -0.795. The minimum atomic E-state index is -1.13. The van der Waals surface area contributed by atoms with Gasteiger partial charge in [0, 0.05) is 37.4 Å². The molecule has 1 radical (unpaired) electrons. The first kappa shape index (κ1) is 64.2. The zero-order chi connectivity index (χ0) is 46.7. The average molecular weight is 1060 g/mol. The minimum Gasteiger partial charge on any atom is -0.550 e. The number of unbranched alkanes of at least 4 members (excludes halogenated alkanes) is 30.